The molecule has 0 spiro atoms. The fourth-order valence-corrected chi connectivity index (χ4v) is 2.52. The number of hydrogen-bond donors (Lipinski definition) is 1. The number of ether oxygens (including phenoxy) is 3. The first kappa shape index (κ1) is 20.0. The van der Waals surface area contributed by atoms with Crippen molar-refractivity contribution in [3.05, 3.63) is 59.4 Å². The summed E-state index contributed by atoms with van der Waals surface area (Å²) in [5.74, 6) is -1.25. The molecule has 2 aromatic carbocycles. The first-order chi connectivity index (χ1) is 13.9. The number of aromatic nitrogens is 2. The fraction of sp³-hybridized carbons (Fsp3) is 0.150. The molecule has 7 nitrogen and oxygen atoms in total. The molecule has 0 saturated heterocycles. The Labute approximate surface area is 163 Å². The Kier molecular flexibility index (Phi) is 5.87. The second-order valence-electron chi connectivity index (χ2n) is 5.81. The van der Waals surface area contributed by atoms with Crippen LogP contribution in [0.5, 0.6) is 11.5 Å². The molecule has 0 aliphatic heterocycles. The van der Waals surface area contributed by atoms with Gasteiger partial charge < -0.3 is 19.2 Å². The molecule has 1 N–H and O–H groups in total. The van der Waals surface area contributed by atoms with Crippen molar-refractivity contribution < 1.29 is 32.6 Å². The predicted octanol–water partition coefficient (Wildman–Crippen LogP) is 3.91. The van der Waals surface area contributed by atoms with E-state index in [0.717, 1.165) is 0 Å². The number of carbonyl (C=O) groups is 2. The van der Waals surface area contributed by atoms with Crippen LogP contribution in [0.1, 0.15) is 28.2 Å². The van der Waals surface area contributed by atoms with Gasteiger partial charge in [-0.3, -0.25) is 0 Å². The molecule has 0 aliphatic carbocycles. The normalized spacial score (nSPS) is 11.2. The van der Waals surface area contributed by atoms with Crippen molar-refractivity contribution in [2.24, 2.45) is 0 Å². The first-order valence-corrected chi connectivity index (χ1v) is 8.35. The van der Waals surface area contributed by atoms with Crippen LogP contribution >= 0.6 is 0 Å². The maximum absolute atomic E-state index is 12.8. The highest BCUT2D eigenvalue weighted by Gasteiger charge is 2.16. The molecule has 29 heavy (non-hydrogen) atoms. The number of nitrogens with zero attached hydrogens (tertiary/aromatic N) is 1. The summed E-state index contributed by atoms with van der Waals surface area (Å²) < 4.78 is 40.6. The van der Waals surface area contributed by atoms with E-state index in [2.05, 4.69) is 14.7 Å². The van der Waals surface area contributed by atoms with Crippen LogP contribution in [0.4, 0.5) is 8.78 Å². The number of rotatable bonds is 6. The van der Waals surface area contributed by atoms with E-state index >= 15 is 0 Å². The maximum Gasteiger partial charge on any atom is 0.343 e. The summed E-state index contributed by atoms with van der Waals surface area (Å²) in [5, 5.41) is 0. The van der Waals surface area contributed by atoms with Gasteiger partial charge in [0.15, 0.2) is 17.3 Å². The average molecular weight is 402 g/mol. The van der Waals surface area contributed by atoms with Crippen LogP contribution in [0.3, 0.4) is 0 Å². The Bertz CT molecular complexity index is 1090. The molecule has 150 valence electrons. The van der Waals surface area contributed by atoms with E-state index in [1.54, 1.807) is 12.1 Å². The van der Waals surface area contributed by atoms with Crippen LogP contribution in [-0.2, 0) is 9.53 Å². The van der Waals surface area contributed by atoms with E-state index in [1.807, 2.05) is 0 Å². The van der Waals surface area contributed by atoms with Crippen LogP contribution in [0.2, 0.25) is 0 Å². The number of aromatic amines is 1. The number of methoxy groups -OCH3 is 2. The average Bonchev–Trinajstić information content (AvgIpc) is 3.16. The van der Waals surface area contributed by atoms with Crippen LogP contribution in [-0.4, -0.2) is 36.1 Å². The topological polar surface area (TPSA) is 90.5 Å². The number of H-pyrrole nitrogens is 1. The van der Waals surface area contributed by atoms with Gasteiger partial charge in [0.2, 0.25) is 0 Å². The second kappa shape index (κ2) is 8.51. The van der Waals surface area contributed by atoms with Crippen molar-refractivity contribution in [1.29, 1.82) is 0 Å². The van der Waals surface area contributed by atoms with E-state index < -0.39 is 24.2 Å². The van der Waals surface area contributed by atoms with E-state index in [4.69, 9.17) is 9.47 Å². The standard InChI is InChI=1S/C20H16F2N2O5/c1-27-16-9-11(4-8-17(25)28-2)3-7-15(16)29-20(26)12-5-6-13-14(10-12)24-19(23-13)18(21)22/h3-10,18H,1-2H3,(H,23,24)/b8-4+. The van der Waals surface area contributed by atoms with Gasteiger partial charge in [-0.05, 0) is 42.0 Å². The summed E-state index contributed by atoms with van der Waals surface area (Å²) in [7, 11) is 2.67. The maximum atomic E-state index is 12.8. The number of fused-ring (bicyclic) bond motifs is 1. The second-order valence-corrected chi connectivity index (χ2v) is 5.81. The van der Waals surface area contributed by atoms with E-state index in [9.17, 15) is 18.4 Å². The minimum absolute atomic E-state index is 0.152. The van der Waals surface area contributed by atoms with Crippen LogP contribution in [0, 0.1) is 0 Å². The Morgan fingerprint density at radius 1 is 1.10 bits per heavy atom. The largest absolute Gasteiger partial charge is 0.493 e. The van der Waals surface area contributed by atoms with Crippen molar-refractivity contribution in [2.45, 2.75) is 6.43 Å². The lowest BCUT2D eigenvalue weighted by Gasteiger charge is -2.10. The summed E-state index contributed by atoms with van der Waals surface area (Å²) in [6.07, 6.45) is 0.0225. The molecule has 0 aliphatic rings. The first-order valence-electron chi connectivity index (χ1n) is 8.35. The molecule has 3 aromatic rings. The van der Waals surface area contributed by atoms with Crippen LogP contribution < -0.4 is 9.47 Å². The van der Waals surface area contributed by atoms with Crippen molar-refractivity contribution in [2.75, 3.05) is 14.2 Å². The molecule has 1 aromatic heterocycles. The highest BCUT2D eigenvalue weighted by molar-refractivity contribution is 5.95. The number of imidazole rings is 1. The number of esters is 2. The SMILES string of the molecule is COC(=O)/C=C/c1ccc(OC(=O)c2ccc3nc(C(F)F)[nH]c3c2)c(OC)c1. The van der Waals surface area contributed by atoms with Gasteiger partial charge in [-0.25, -0.2) is 23.4 Å². The highest BCUT2D eigenvalue weighted by atomic mass is 19.3. The number of benzene rings is 2. The van der Waals surface area contributed by atoms with Crippen molar-refractivity contribution >= 4 is 29.0 Å². The minimum atomic E-state index is -2.74. The fourth-order valence-electron chi connectivity index (χ4n) is 2.52. The Morgan fingerprint density at radius 2 is 1.90 bits per heavy atom. The predicted molar refractivity (Wildman–Crippen MR) is 100 cm³/mol. The van der Waals surface area contributed by atoms with Crippen molar-refractivity contribution in [3.63, 3.8) is 0 Å². The number of nitrogens with one attached hydrogen (secondary N) is 1. The molecule has 9 heteroatoms. The van der Waals surface area contributed by atoms with Gasteiger partial charge in [-0.15, -0.1) is 0 Å². The summed E-state index contributed by atoms with van der Waals surface area (Å²) in [6.45, 7) is 0. The van der Waals surface area contributed by atoms with Crippen molar-refractivity contribution in [1.82, 2.24) is 9.97 Å². The van der Waals surface area contributed by atoms with Gasteiger partial charge in [-0.1, -0.05) is 6.07 Å². The number of hydrogen-bond acceptors (Lipinski definition) is 6. The van der Waals surface area contributed by atoms with Gasteiger partial charge in [0.1, 0.15) is 0 Å². The molecular weight excluding hydrogens is 386 g/mol. The highest BCUT2D eigenvalue weighted by Crippen LogP contribution is 2.30. The van der Waals surface area contributed by atoms with Crippen molar-refractivity contribution in [3.8, 4) is 11.5 Å². The Balaban J connectivity index is 1.81. The van der Waals surface area contributed by atoms with Gasteiger partial charge in [0.05, 0.1) is 30.8 Å². The number of carbonyl (C=O) groups excluding carboxylic acids is 2. The molecule has 0 atom stereocenters. The monoisotopic (exact) mass is 402 g/mol. The third-order valence-electron chi connectivity index (χ3n) is 3.95. The Morgan fingerprint density at radius 3 is 2.59 bits per heavy atom. The molecular formula is C20H16F2N2O5. The third-order valence-corrected chi connectivity index (χ3v) is 3.95. The molecule has 0 unspecified atom stereocenters. The van der Waals surface area contributed by atoms with Gasteiger partial charge in [0.25, 0.3) is 6.43 Å². The number of alkyl halides is 2. The zero-order valence-electron chi connectivity index (χ0n) is 15.4. The van der Waals surface area contributed by atoms with Gasteiger partial charge in [0, 0.05) is 6.08 Å². The van der Waals surface area contributed by atoms with Gasteiger partial charge >= 0.3 is 11.9 Å². The van der Waals surface area contributed by atoms with Crippen LogP contribution in [0.25, 0.3) is 17.1 Å². The summed E-state index contributed by atoms with van der Waals surface area (Å²) in [6, 6.07) is 8.98. The zero-order valence-corrected chi connectivity index (χ0v) is 15.4. The Hall–Kier alpha value is -3.75. The quantitative estimate of drug-likeness (QED) is 0.382. The molecule has 0 fully saturated rings. The molecule has 0 saturated carbocycles. The molecule has 0 radical (unpaired) electrons. The van der Waals surface area contributed by atoms with Crippen LogP contribution in [0.15, 0.2) is 42.5 Å². The lowest BCUT2D eigenvalue weighted by atomic mass is 10.1. The lowest BCUT2D eigenvalue weighted by Crippen LogP contribution is -2.09. The summed E-state index contributed by atoms with van der Waals surface area (Å²) in [5.41, 5.74) is 1.39. The van der Waals surface area contributed by atoms with Gasteiger partial charge in [-0.2, -0.15) is 0 Å². The lowest BCUT2D eigenvalue weighted by molar-refractivity contribution is -0.134. The molecule has 0 bridgehead atoms. The third kappa shape index (κ3) is 4.57. The zero-order chi connectivity index (χ0) is 21.0. The summed E-state index contributed by atoms with van der Waals surface area (Å²) >= 11 is 0. The van der Waals surface area contributed by atoms with E-state index in [-0.39, 0.29) is 17.1 Å². The number of halogens is 2. The minimum Gasteiger partial charge on any atom is -0.493 e. The molecule has 0 amide bonds. The molecule has 3 rings (SSSR count). The van der Waals surface area contributed by atoms with E-state index in [0.29, 0.717) is 16.6 Å². The molecule has 1 heterocycles. The smallest absolute Gasteiger partial charge is 0.343 e. The van der Waals surface area contributed by atoms with E-state index in [1.165, 1.54) is 50.6 Å². The summed E-state index contributed by atoms with van der Waals surface area (Å²) in [4.78, 5) is 29.9.